The van der Waals surface area contributed by atoms with E-state index in [2.05, 4.69) is 28.9 Å². The first-order chi connectivity index (χ1) is 13.1. The molecule has 0 radical (unpaired) electrons. The van der Waals surface area contributed by atoms with E-state index in [4.69, 9.17) is 9.47 Å². The SMILES string of the molecule is CCn1c(C(=O)NCCc2ccc(OC)c(OC)c2)c(C)c2ccccc21. The van der Waals surface area contributed by atoms with Gasteiger partial charge in [0.1, 0.15) is 5.69 Å². The van der Waals surface area contributed by atoms with Crippen molar-refractivity contribution in [2.75, 3.05) is 20.8 Å². The summed E-state index contributed by atoms with van der Waals surface area (Å²) >= 11 is 0. The molecule has 27 heavy (non-hydrogen) atoms. The van der Waals surface area contributed by atoms with Gasteiger partial charge in [-0.2, -0.15) is 0 Å². The first kappa shape index (κ1) is 18.8. The van der Waals surface area contributed by atoms with Crippen LogP contribution in [0.2, 0.25) is 0 Å². The molecule has 3 aromatic rings. The minimum Gasteiger partial charge on any atom is -0.493 e. The molecule has 1 aromatic heterocycles. The van der Waals surface area contributed by atoms with Crippen molar-refractivity contribution in [3.8, 4) is 11.5 Å². The van der Waals surface area contributed by atoms with Crippen LogP contribution in [-0.2, 0) is 13.0 Å². The van der Waals surface area contributed by atoms with Crippen molar-refractivity contribution in [1.29, 1.82) is 0 Å². The summed E-state index contributed by atoms with van der Waals surface area (Å²) in [6.45, 7) is 5.38. The Labute approximate surface area is 159 Å². The van der Waals surface area contributed by atoms with Crippen molar-refractivity contribution in [1.82, 2.24) is 9.88 Å². The minimum atomic E-state index is -0.0361. The quantitative estimate of drug-likeness (QED) is 0.689. The number of aromatic nitrogens is 1. The highest BCUT2D eigenvalue weighted by atomic mass is 16.5. The summed E-state index contributed by atoms with van der Waals surface area (Å²) in [5.74, 6) is 1.36. The lowest BCUT2D eigenvalue weighted by Crippen LogP contribution is -2.28. The van der Waals surface area contributed by atoms with E-state index in [0.717, 1.165) is 40.7 Å². The van der Waals surface area contributed by atoms with Crippen LogP contribution in [0.4, 0.5) is 0 Å². The molecule has 2 aromatic carbocycles. The average Bonchev–Trinajstić information content (AvgIpc) is 2.99. The number of methoxy groups -OCH3 is 2. The third-order valence-electron chi connectivity index (χ3n) is 4.90. The zero-order valence-electron chi connectivity index (χ0n) is 16.3. The standard InChI is InChI=1S/C22H26N2O3/c1-5-24-18-9-7-6-8-17(18)15(2)21(24)22(25)23-13-12-16-10-11-19(26-3)20(14-16)27-4/h6-11,14H,5,12-13H2,1-4H3,(H,23,25). The van der Waals surface area contributed by atoms with Crippen LogP contribution in [0.1, 0.15) is 28.5 Å². The summed E-state index contributed by atoms with van der Waals surface area (Å²) in [5, 5.41) is 4.19. The van der Waals surface area contributed by atoms with Gasteiger partial charge >= 0.3 is 0 Å². The van der Waals surface area contributed by atoms with Gasteiger partial charge in [-0.1, -0.05) is 24.3 Å². The van der Waals surface area contributed by atoms with Crippen molar-refractivity contribution >= 4 is 16.8 Å². The first-order valence-corrected chi connectivity index (χ1v) is 9.17. The molecular weight excluding hydrogens is 340 g/mol. The number of aryl methyl sites for hydroxylation is 2. The Bertz CT molecular complexity index is 960. The molecule has 1 heterocycles. The largest absolute Gasteiger partial charge is 0.493 e. The van der Waals surface area contributed by atoms with E-state index in [-0.39, 0.29) is 5.91 Å². The van der Waals surface area contributed by atoms with E-state index in [9.17, 15) is 4.79 Å². The molecule has 0 spiro atoms. The molecule has 0 unspecified atom stereocenters. The number of amides is 1. The van der Waals surface area contributed by atoms with Crippen LogP contribution in [0.3, 0.4) is 0 Å². The van der Waals surface area contributed by atoms with Crippen LogP contribution in [-0.4, -0.2) is 31.2 Å². The molecular formula is C22H26N2O3. The molecule has 0 bridgehead atoms. The van der Waals surface area contributed by atoms with Gasteiger partial charge in [-0.05, 0) is 49.6 Å². The maximum atomic E-state index is 12.9. The van der Waals surface area contributed by atoms with E-state index in [1.807, 2.05) is 37.3 Å². The van der Waals surface area contributed by atoms with E-state index in [1.165, 1.54) is 0 Å². The first-order valence-electron chi connectivity index (χ1n) is 9.17. The Kier molecular flexibility index (Phi) is 5.69. The van der Waals surface area contributed by atoms with Crippen LogP contribution >= 0.6 is 0 Å². The molecule has 0 saturated carbocycles. The molecule has 1 amide bonds. The highest BCUT2D eigenvalue weighted by Gasteiger charge is 2.18. The monoisotopic (exact) mass is 366 g/mol. The molecule has 5 heteroatoms. The molecule has 142 valence electrons. The molecule has 0 atom stereocenters. The van der Waals surface area contributed by atoms with Crippen molar-refractivity contribution in [2.24, 2.45) is 0 Å². The molecule has 5 nitrogen and oxygen atoms in total. The Morgan fingerprint density at radius 3 is 2.52 bits per heavy atom. The van der Waals surface area contributed by atoms with Crippen molar-refractivity contribution < 1.29 is 14.3 Å². The molecule has 1 N–H and O–H groups in total. The highest BCUT2D eigenvalue weighted by Crippen LogP contribution is 2.28. The Morgan fingerprint density at radius 2 is 1.81 bits per heavy atom. The number of fused-ring (bicyclic) bond motifs is 1. The van der Waals surface area contributed by atoms with Crippen LogP contribution < -0.4 is 14.8 Å². The van der Waals surface area contributed by atoms with Gasteiger partial charge in [0, 0.05) is 24.0 Å². The fourth-order valence-electron chi connectivity index (χ4n) is 3.54. The van der Waals surface area contributed by atoms with Gasteiger partial charge < -0.3 is 19.4 Å². The summed E-state index contributed by atoms with van der Waals surface area (Å²) < 4.78 is 12.7. The van der Waals surface area contributed by atoms with Gasteiger partial charge in [0.25, 0.3) is 5.91 Å². The number of nitrogens with one attached hydrogen (secondary N) is 1. The number of nitrogens with zero attached hydrogens (tertiary/aromatic N) is 1. The zero-order chi connectivity index (χ0) is 19.4. The van der Waals surface area contributed by atoms with E-state index < -0.39 is 0 Å². The fraction of sp³-hybridized carbons (Fsp3) is 0.318. The molecule has 0 fully saturated rings. The van der Waals surface area contributed by atoms with E-state index >= 15 is 0 Å². The topological polar surface area (TPSA) is 52.5 Å². The molecule has 0 saturated heterocycles. The number of ether oxygens (including phenoxy) is 2. The predicted molar refractivity (Wildman–Crippen MR) is 108 cm³/mol. The second-order valence-corrected chi connectivity index (χ2v) is 6.43. The number of para-hydroxylation sites is 1. The molecule has 0 aliphatic heterocycles. The number of carbonyl (C=O) groups is 1. The maximum Gasteiger partial charge on any atom is 0.268 e. The van der Waals surface area contributed by atoms with Gasteiger partial charge in [-0.15, -0.1) is 0 Å². The zero-order valence-corrected chi connectivity index (χ0v) is 16.3. The van der Waals surface area contributed by atoms with Crippen LogP contribution in [0.15, 0.2) is 42.5 Å². The lowest BCUT2D eigenvalue weighted by atomic mass is 10.1. The van der Waals surface area contributed by atoms with Crippen LogP contribution in [0.25, 0.3) is 10.9 Å². The lowest BCUT2D eigenvalue weighted by molar-refractivity contribution is 0.0945. The van der Waals surface area contributed by atoms with Gasteiger partial charge in [0.2, 0.25) is 0 Å². The Hall–Kier alpha value is -2.95. The van der Waals surface area contributed by atoms with Crippen molar-refractivity contribution in [3.63, 3.8) is 0 Å². The predicted octanol–water partition coefficient (Wildman–Crippen LogP) is 3.96. The Morgan fingerprint density at radius 1 is 1.07 bits per heavy atom. The summed E-state index contributed by atoms with van der Waals surface area (Å²) in [6, 6.07) is 14.0. The summed E-state index contributed by atoms with van der Waals surface area (Å²) in [4.78, 5) is 12.9. The summed E-state index contributed by atoms with van der Waals surface area (Å²) in [6.07, 6.45) is 0.720. The van der Waals surface area contributed by atoms with E-state index in [0.29, 0.717) is 18.0 Å². The van der Waals surface area contributed by atoms with Crippen LogP contribution in [0, 0.1) is 6.92 Å². The smallest absolute Gasteiger partial charge is 0.268 e. The third-order valence-corrected chi connectivity index (χ3v) is 4.90. The van der Waals surface area contributed by atoms with Gasteiger partial charge in [0.15, 0.2) is 11.5 Å². The number of rotatable bonds is 7. The summed E-state index contributed by atoms with van der Waals surface area (Å²) in [7, 11) is 3.24. The highest BCUT2D eigenvalue weighted by molar-refractivity contribution is 6.01. The van der Waals surface area contributed by atoms with Gasteiger partial charge in [-0.25, -0.2) is 0 Å². The molecule has 3 rings (SSSR count). The Balaban J connectivity index is 1.74. The van der Waals surface area contributed by atoms with Gasteiger partial charge in [-0.3, -0.25) is 4.79 Å². The number of hydrogen-bond acceptors (Lipinski definition) is 3. The lowest BCUT2D eigenvalue weighted by Gasteiger charge is -2.11. The normalized spacial score (nSPS) is 10.8. The molecule has 0 aliphatic rings. The molecule has 0 aliphatic carbocycles. The summed E-state index contributed by atoms with van der Waals surface area (Å²) in [5.41, 5.74) is 3.95. The minimum absolute atomic E-state index is 0.0361. The number of benzene rings is 2. The average molecular weight is 366 g/mol. The second-order valence-electron chi connectivity index (χ2n) is 6.43. The van der Waals surface area contributed by atoms with Gasteiger partial charge in [0.05, 0.1) is 14.2 Å². The third kappa shape index (κ3) is 3.63. The fourth-order valence-corrected chi connectivity index (χ4v) is 3.54. The number of hydrogen-bond donors (Lipinski definition) is 1. The van der Waals surface area contributed by atoms with E-state index in [1.54, 1.807) is 14.2 Å². The van der Waals surface area contributed by atoms with Crippen molar-refractivity contribution in [3.05, 3.63) is 59.3 Å². The second kappa shape index (κ2) is 8.16. The van der Waals surface area contributed by atoms with Crippen molar-refractivity contribution in [2.45, 2.75) is 26.8 Å². The number of carbonyl (C=O) groups excluding carboxylic acids is 1. The maximum absolute atomic E-state index is 12.9. The van der Waals surface area contributed by atoms with Crippen LogP contribution in [0.5, 0.6) is 11.5 Å².